The number of hydrogen-bond acceptors (Lipinski definition) is 4. The molecular weight excluding hydrogens is 418 g/mol. The van der Waals surface area contributed by atoms with Gasteiger partial charge >= 0.3 is 0 Å². The third-order valence-electron chi connectivity index (χ3n) is 3.64. The Morgan fingerprint density at radius 3 is 2.65 bits per heavy atom. The van der Waals surface area contributed by atoms with Crippen LogP contribution < -0.4 is 5.11 Å². The van der Waals surface area contributed by atoms with Gasteiger partial charge < -0.3 is 14.3 Å². The number of halogens is 2. The molecule has 0 spiro atoms. The van der Waals surface area contributed by atoms with Crippen LogP contribution >= 0.6 is 27.5 Å². The number of carbonyl (C=O) groups is 1. The summed E-state index contributed by atoms with van der Waals surface area (Å²) in [6.07, 6.45) is 1.61. The summed E-state index contributed by atoms with van der Waals surface area (Å²) in [5, 5.41) is 20.8. The molecule has 1 heterocycles. The molecule has 0 aliphatic rings. The summed E-state index contributed by atoms with van der Waals surface area (Å²) in [6, 6.07) is 17.1. The second kappa shape index (κ2) is 7.61. The molecule has 128 valence electrons. The van der Waals surface area contributed by atoms with Crippen LogP contribution in [-0.2, 0) is 0 Å². The zero-order valence-electron chi connectivity index (χ0n) is 13.2. The van der Waals surface area contributed by atoms with E-state index in [4.69, 9.17) is 16.0 Å². The van der Waals surface area contributed by atoms with E-state index in [0.717, 1.165) is 10.0 Å². The number of allylic oxidation sites excluding steroid dienone is 1. The van der Waals surface area contributed by atoms with Crippen LogP contribution in [0.2, 0.25) is 5.02 Å². The lowest BCUT2D eigenvalue weighted by atomic mass is 10.1. The molecule has 0 atom stereocenters. The molecule has 0 radical (unpaired) electrons. The first-order valence-corrected chi connectivity index (χ1v) is 8.64. The van der Waals surface area contributed by atoms with Crippen molar-refractivity contribution in [2.75, 3.05) is 0 Å². The summed E-state index contributed by atoms with van der Waals surface area (Å²) in [4.78, 5) is 11.0. The summed E-state index contributed by atoms with van der Waals surface area (Å²) in [5.41, 5.74) is 1.62. The SMILES string of the molecule is N#C/C(=C\c1ccc(-c2cc(C(=O)[O-])ccc2Cl)o1)c1cccc(Br)c1. The number of hydrogen-bond donors (Lipinski definition) is 0. The molecule has 0 N–H and O–H groups in total. The van der Waals surface area contributed by atoms with Gasteiger partial charge in [0.1, 0.15) is 11.5 Å². The number of benzene rings is 2. The maximum Gasteiger partial charge on any atom is 0.136 e. The molecule has 0 unspecified atom stereocenters. The van der Waals surface area contributed by atoms with E-state index in [-0.39, 0.29) is 5.56 Å². The van der Waals surface area contributed by atoms with Crippen LogP contribution in [0.4, 0.5) is 0 Å². The first-order valence-electron chi connectivity index (χ1n) is 7.47. The van der Waals surface area contributed by atoms with E-state index in [0.29, 0.717) is 27.7 Å². The van der Waals surface area contributed by atoms with Gasteiger partial charge in [-0.15, -0.1) is 0 Å². The number of carboxylic acid groups (broad SMARTS) is 1. The van der Waals surface area contributed by atoms with E-state index >= 15 is 0 Å². The Hall–Kier alpha value is -2.81. The lowest BCUT2D eigenvalue weighted by Crippen LogP contribution is -2.22. The lowest BCUT2D eigenvalue weighted by Gasteiger charge is -2.06. The maximum atomic E-state index is 11.0. The number of nitrogens with zero attached hydrogens (tertiary/aromatic N) is 1. The fourth-order valence-electron chi connectivity index (χ4n) is 2.39. The van der Waals surface area contributed by atoms with Gasteiger partial charge in [-0.1, -0.05) is 45.7 Å². The van der Waals surface area contributed by atoms with Crippen molar-refractivity contribution in [3.63, 3.8) is 0 Å². The normalized spacial score (nSPS) is 11.2. The average molecular weight is 428 g/mol. The number of carboxylic acids is 1. The Morgan fingerprint density at radius 1 is 1.15 bits per heavy atom. The highest BCUT2D eigenvalue weighted by Gasteiger charge is 2.11. The highest BCUT2D eigenvalue weighted by atomic mass is 79.9. The van der Waals surface area contributed by atoms with Crippen molar-refractivity contribution in [2.45, 2.75) is 0 Å². The van der Waals surface area contributed by atoms with Crippen molar-refractivity contribution in [3.05, 3.63) is 81.0 Å². The highest BCUT2D eigenvalue weighted by Crippen LogP contribution is 2.31. The van der Waals surface area contributed by atoms with Crippen LogP contribution in [0.5, 0.6) is 0 Å². The van der Waals surface area contributed by atoms with Crippen molar-refractivity contribution in [3.8, 4) is 17.4 Å². The molecule has 2 aromatic carbocycles. The van der Waals surface area contributed by atoms with Gasteiger partial charge in [-0.2, -0.15) is 5.26 Å². The third kappa shape index (κ3) is 3.88. The minimum atomic E-state index is -1.30. The Kier molecular flexibility index (Phi) is 5.27. The monoisotopic (exact) mass is 426 g/mol. The molecule has 3 aromatic rings. The Bertz CT molecular complexity index is 1060. The van der Waals surface area contributed by atoms with Gasteiger partial charge in [-0.25, -0.2) is 0 Å². The number of nitriles is 1. The van der Waals surface area contributed by atoms with Crippen LogP contribution in [0.15, 0.2) is 63.5 Å². The lowest BCUT2D eigenvalue weighted by molar-refractivity contribution is -0.255. The quantitative estimate of drug-likeness (QED) is 0.561. The van der Waals surface area contributed by atoms with Gasteiger partial charge in [0.05, 0.1) is 22.6 Å². The van der Waals surface area contributed by atoms with Crippen LogP contribution in [-0.4, -0.2) is 5.97 Å². The molecule has 0 fully saturated rings. The second-order valence-electron chi connectivity index (χ2n) is 5.36. The second-order valence-corrected chi connectivity index (χ2v) is 6.69. The topological polar surface area (TPSA) is 77.1 Å². The van der Waals surface area contributed by atoms with Crippen molar-refractivity contribution in [1.29, 1.82) is 5.26 Å². The fraction of sp³-hybridized carbons (Fsp3) is 0. The number of aromatic carboxylic acids is 1. The van der Waals surface area contributed by atoms with Gasteiger partial charge in [-0.05, 0) is 53.6 Å². The molecule has 6 heteroatoms. The molecule has 1 aromatic heterocycles. The first-order chi connectivity index (χ1) is 12.5. The van der Waals surface area contributed by atoms with Crippen molar-refractivity contribution in [2.24, 2.45) is 0 Å². The van der Waals surface area contributed by atoms with Crippen molar-refractivity contribution >= 4 is 45.1 Å². The van der Waals surface area contributed by atoms with Crippen LogP contribution in [0.1, 0.15) is 21.7 Å². The zero-order valence-corrected chi connectivity index (χ0v) is 15.5. The van der Waals surface area contributed by atoms with E-state index in [2.05, 4.69) is 22.0 Å². The molecule has 0 amide bonds. The molecule has 4 nitrogen and oxygen atoms in total. The molecule has 0 bridgehead atoms. The molecule has 3 rings (SSSR count). The average Bonchev–Trinajstić information content (AvgIpc) is 3.08. The number of furan rings is 1. The highest BCUT2D eigenvalue weighted by molar-refractivity contribution is 9.10. The molecular formula is C20H10BrClNO3-. The summed E-state index contributed by atoms with van der Waals surface area (Å²) >= 11 is 9.52. The van der Waals surface area contributed by atoms with E-state index in [1.165, 1.54) is 18.2 Å². The zero-order chi connectivity index (χ0) is 18.7. The molecule has 26 heavy (non-hydrogen) atoms. The van der Waals surface area contributed by atoms with Crippen molar-refractivity contribution < 1.29 is 14.3 Å². The van der Waals surface area contributed by atoms with E-state index in [1.807, 2.05) is 24.3 Å². The Labute approximate surface area is 163 Å². The standard InChI is InChI=1S/C20H11BrClNO3/c21-15-3-1-2-12(8-15)14(11-23)9-16-5-7-19(26-16)17-10-13(20(24)25)4-6-18(17)22/h1-10H,(H,24,25)/p-1/b14-9+. The minimum absolute atomic E-state index is 0.00439. The minimum Gasteiger partial charge on any atom is -0.545 e. The number of rotatable bonds is 4. The first kappa shape index (κ1) is 18.0. The summed E-state index contributed by atoms with van der Waals surface area (Å²) in [6.45, 7) is 0. The predicted molar refractivity (Wildman–Crippen MR) is 101 cm³/mol. The summed E-state index contributed by atoms with van der Waals surface area (Å²) < 4.78 is 6.60. The van der Waals surface area contributed by atoms with E-state index in [1.54, 1.807) is 18.2 Å². The summed E-state index contributed by atoms with van der Waals surface area (Å²) in [5.74, 6) is -0.446. The van der Waals surface area contributed by atoms with Gasteiger partial charge in [0, 0.05) is 10.0 Å². The summed E-state index contributed by atoms with van der Waals surface area (Å²) in [7, 11) is 0. The molecule has 0 aliphatic heterocycles. The van der Waals surface area contributed by atoms with Crippen LogP contribution in [0.25, 0.3) is 23.0 Å². The molecule has 0 saturated carbocycles. The van der Waals surface area contributed by atoms with Crippen LogP contribution in [0.3, 0.4) is 0 Å². The largest absolute Gasteiger partial charge is 0.545 e. The maximum absolute atomic E-state index is 11.0. The molecule has 0 aliphatic carbocycles. The van der Waals surface area contributed by atoms with Gasteiger partial charge in [0.25, 0.3) is 0 Å². The Morgan fingerprint density at radius 2 is 1.96 bits per heavy atom. The molecule has 0 saturated heterocycles. The van der Waals surface area contributed by atoms with Crippen LogP contribution in [0, 0.1) is 11.3 Å². The Balaban J connectivity index is 1.99. The van der Waals surface area contributed by atoms with E-state index in [9.17, 15) is 15.2 Å². The van der Waals surface area contributed by atoms with Gasteiger partial charge in [-0.3, -0.25) is 0 Å². The number of carbonyl (C=O) groups excluding carboxylic acids is 1. The fourth-order valence-corrected chi connectivity index (χ4v) is 3.00. The smallest absolute Gasteiger partial charge is 0.136 e. The van der Waals surface area contributed by atoms with Gasteiger partial charge in [0.2, 0.25) is 0 Å². The van der Waals surface area contributed by atoms with E-state index < -0.39 is 5.97 Å². The van der Waals surface area contributed by atoms with Gasteiger partial charge in [0.15, 0.2) is 0 Å². The third-order valence-corrected chi connectivity index (χ3v) is 4.46. The van der Waals surface area contributed by atoms with Crippen molar-refractivity contribution in [1.82, 2.24) is 0 Å². The predicted octanol–water partition coefficient (Wildman–Crippen LogP) is 4.79.